The lowest BCUT2D eigenvalue weighted by atomic mass is 9.47. The lowest BCUT2D eigenvalue weighted by molar-refractivity contribution is -0.143. The summed E-state index contributed by atoms with van der Waals surface area (Å²) in [5, 5.41) is 0. The van der Waals surface area contributed by atoms with Crippen molar-refractivity contribution < 1.29 is 9.53 Å². The molecule has 0 N–H and O–H groups in total. The summed E-state index contributed by atoms with van der Waals surface area (Å²) in [4.78, 5) is 11.7. The number of esters is 1. The van der Waals surface area contributed by atoms with E-state index in [4.69, 9.17) is 4.74 Å². The molecule has 0 bridgehead atoms. The van der Waals surface area contributed by atoms with Gasteiger partial charge in [0, 0.05) is 0 Å². The molecule has 2 heteroatoms. The number of carbonyl (C=O) groups excluding carboxylic acids is 1. The molecule has 2 rings (SSSR count). The molecule has 124 valence electrons. The van der Waals surface area contributed by atoms with E-state index in [0.717, 1.165) is 0 Å². The quantitative estimate of drug-likeness (QED) is 0.532. The van der Waals surface area contributed by atoms with E-state index in [1.165, 1.54) is 44.8 Å². The first-order valence-electron chi connectivity index (χ1n) is 8.71. The van der Waals surface area contributed by atoms with Crippen molar-refractivity contribution in [2.24, 2.45) is 28.6 Å². The molecule has 0 saturated heterocycles. The number of fused-ring (bicyclic) bond motifs is 1. The first kappa shape index (κ1) is 17.3. The van der Waals surface area contributed by atoms with Crippen LogP contribution in [0.15, 0.2) is 24.3 Å². The highest BCUT2D eigenvalue weighted by atomic mass is 16.5. The minimum atomic E-state index is -0.172. The number of ether oxygens (including phenoxy) is 1. The monoisotopic (exact) mass is 304 g/mol. The fraction of sp³-hybridized carbons (Fsp3) is 0.750. The minimum absolute atomic E-state index is 0.138. The maximum absolute atomic E-state index is 11.7. The van der Waals surface area contributed by atoms with E-state index in [1.54, 1.807) is 0 Å². The van der Waals surface area contributed by atoms with Crippen LogP contribution in [-0.2, 0) is 9.53 Å². The maximum atomic E-state index is 11.7. The summed E-state index contributed by atoms with van der Waals surface area (Å²) in [5.74, 6) is 0.941. The summed E-state index contributed by atoms with van der Waals surface area (Å²) in [6.07, 6.45) is 10.6. The highest BCUT2D eigenvalue weighted by molar-refractivity contribution is 5.73. The van der Waals surface area contributed by atoms with E-state index < -0.39 is 0 Å². The van der Waals surface area contributed by atoms with Gasteiger partial charge < -0.3 is 4.74 Å². The standard InChI is InChI=1S/C20H32O2/c1-14(18(21)22-6)10-12-19(4)16(3)11-13-20(5)15(2)8-7-9-17(19)20/h10,12,14,16-17H,2,7-9,11,13H2,1,3-6H3. The SMILES string of the molecule is C=C1CCCC2C1(C)CCC(C)C2(C)C=CC(C)C(=O)OC. The molecule has 2 fully saturated rings. The minimum Gasteiger partial charge on any atom is -0.469 e. The van der Waals surface area contributed by atoms with Crippen molar-refractivity contribution in [1.29, 1.82) is 0 Å². The highest BCUT2D eigenvalue weighted by Crippen LogP contribution is 2.61. The largest absolute Gasteiger partial charge is 0.469 e. The van der Waals surface area contributed by atoms with Crippen LogP contribution >= 0.6 is 0 Å². The van der Waals surface area contributed by atoms with Crippen LogP contribution in [0.4, 0.5) is 0 Å². The third-order valence-corrected chi connectivity index (χ3v) is 6.77. The Morgan fingerprint density at radius 3 is 2.73 bits per heavy atom. The van der Waals surface area contributed by atoms with Crippen LogP contribution in [-0.4, -0.2) is 13.1 Å². The van der Waals surface area contributed by atoms with Crippen molar-refractivity contribution in [3.8, 4) is 0 Å². The molecule has 0 amide bonds. The van der Waals surface area contributed by atoms with Crippen LogP contribution in [0.5, 0.6) is 0 Å². The lowest BCUT2D eigenvalue weighted by Gasteiger charge is -2.57. The summed E-state index contributed by atoms with van der Waals surface area (Å²) in [7, 11) is 1.46. The molecule has 0 aromatic heterocycles. The second kappa shape index (κ2) is 6.22. The predicted molar refractivity (Wildman–Crippen MR) is 91.4 cm³/mol. The second-order valence-corrected chi connectivity index (χ2v) is 7.94. The zero-order valence-electron chi connectivity index (χ0n) is 14.9. The van der Waals surface area contributed by atoms with Gasteiger partial charge >= 0.3 is 5.97 Å². The first-order valence-corrected chi connectivity index (χ1v) is 8.71. The van der Waals surface area contributed by atoms with Crippen molar-refractivity contribution in [3.63, 3.8) is 0 Å². The fourth-order valence-electron chi connectivity index (χ4n) is 4.79. The maximum Gasteiger partial charge on any atom is 0.312 e. The van der Waals surface area contributed by atoms with Crippen LogP contribution in [0.1, 0.15) is 59.8 Å². The van der Waals surface area contributed by atoms with Crippen LogP contribution in [0, 0.1) is 28.6 Å². The molecule has 0 spiro atoms. The fourth-order valence-corrected chi connectivity index (χ4v) is 4.79. The molecule has 0 aromatic carbocycles. The number of hydrogen-bond donors (Lipinski definition) is 0. The second-order valence-electron chi connectivity index (χ2n) is 7.94. The normalized spacial score (nSPS) is 40.3. The summed E-state index contributed by atoms with van der Waals surface area (Å²) >= 11 is 0. The highest BCUT2D eigenvalue weighted by Gasteiger charge is 2.52. The molecule has 5 atom stereocenters. The number of allylic oxidation sites excluding steroid dienone is 2. The number of rotatable bonds is 3. The van der Waals surface area contributed by atoms with Crippen molar-refractivity contribution in [2.75, 3.05) is 7.11 Å². The van der Waals surface area contributed by atoms with Gasteiger partial charge in [0.05, 0.1) is 13.0 Å². The van der Waals surface area contributed by atoms with E-state index in [0.29, 0.717) is 11.8 Å². The Labute approximate surface area is 136 Å². The van der Waals surface area contributed by atoms with Crippen molar-refractivity contribution in [1.82, 2.24) is 0 Å². The summed E-state index contributed by atoms with van der Waals surface area (Å²) in [5.41, 5.74) is 1.84. The van der Waals surface area contributed by atoms with Crippen molar-refractivity contribution >= 4 is 5.97 Å². The van der Waals surface area contributed by atoms with Gasteiger partial charge in [-0.05, 0) is 61.7 Å². The van der Waals surface area contributed by atoms with Crippen molar-refractivity contribution in [2.45, 2.75) is 59.8 Å². The summed E-state index contributed by atoms with van der Waals surface area (Å²) in [6.45, 7) is 13.5. The average molecular weight is 304 g/mol. The van der Waals surface area contributed by atoms with E-state index in [2.05, 4.69) is 39.5 Å². The average Bonchev–Trinajstić information content (AvgIpc) is 2.50. The van der Waals surface area contributed by atoms with Gasteiger partial charge in [-0.15, -0.1) is 0 Å². The van der Waals surface area contributed by atoms with Crippen LogP contribution in [0.3, 0.4) is 0 Å². The third-order valence-electron chi connectivity index (χ3n) is 6.77. The zero-order valence-corrected chi connectivity index (χ0v) is 14.9. The van der Waals surface area contributed by atoms with E-state index in [1.807, 2.05) is 6.92 Å². The van der Waals surface area contributed by atoms with Gasteiger partial charge in [-0.2, -0.15) is 0 Å². The van der Waals surface area contributed by atoms with Crippen molar-refractivity contribution in [3.05, 3.63) is 24.3 Å². The van der Waals surface area contributed by atoms with Gasteiger partial charge in [-0.3, -0.25) is 4.79 Å². The van der Waals surface area contributed by atoms with Crippen LogP contribution in [0.25, 0.3) is 0 Å². The number of hydrogen-bond acceptors (Lipinski definition) is 2. The Hall–Kier alpha value is -1.05. The third kappa shape index (κ3) is 2.77. The Kier molecular flexibility index (Phi) is 4.89. The molecule has 2 nitrogen and oxygen atoms in total. The Balaban J connectivity index is 2.30. The first-order chi connectivity index (χ1) is 10.3. The van der Waals surface area contributed by atoms with Gasteiger partial charge in [0.25, 0.3) is 0 Å². The molecule has 0 radical (unpaired) electrons. The van der Waals surface area contributed by atoms with Gasteiger partial charge in [0.1, 0.15) is 0 Å². The van der Waals surface area contributed by atoms with Crippen LogP contribution < -0.4 is 0 Å². The molecule has 0 aliphatic heterocycles. The molecule has 2 saturated carbocycles. The van der Waals surface area contributed by atoms with Gasteiger partial charge in [0.15, 0.2) is 0 Å². The molecule has 0 heterocycles. The molecule has 5 unspecified atom stereocenters. The molecule has 2 aliphatic carbocycles. The van der Waals surface area contributed by atoms with E-state index in [9.17, 15) is 4.79 Å². The van der Waals surface area contributed by atoms with Gasteiger partial charge in [-0.25, -0.2) is 0 Å². The van der Waals surface area contributed by atoms with Gasteiger partial charge in [-0.1, -0.05) is 45.1 Å². The lowest BCUT2D eigenvalue weighted by Crippen LogP contribution is -2.49. The molecule has 0 aromatic rings. The number of carbonyl (C=O) groups is 1. The molecular formula is C20H32O2. The Morgan fingerprint density at radius 1 is 1.41 bits per heavy atom. The predicted octanol–water partition coefficient (Wildman–Crippen LogP) is 5.15. The van der Waals surface area contributed by atoms with Gasteiger partial charge in [0.2, 0.25) is 0 Å². The zero-order chi connectivity index (χ0) is 16.5. The Morgan fingerprint density at radius 2 is 2.09 bits per heavy atom. The Bertz CT molecular complexity index is 478. The molecule has 22 heavy (non-hydrogen) atoms. The smallest absolute Gasteiger partial charge is 0.312 e. The topological polar surface area (TPSA) is 26.3 Å². The summed E-state index contributed by atoms with van der Waals surface area (Å²) in [6, 6.07) is 0. The van der Waals surface area contributed by atoms with Crippen LogP contribution in [0.2, 0.25) is 0 Å². The van der Waals surface area contributed by atoms with E-state index >= 15 is 0 Å². The summed E-state index contributed by atoms with van der Waals surface area (Å²) < 4.78 is 4.85. The van der Waals surface area contributed by atoms with E-state index in [-0.39, 0.29) is 22.7 Å². The molecular weight excluding hydrogens is 272 g/mol. The molecule has 2 aliphatic rings. The number of methoxy groups -OCH3 is 1.